The smallest absolute Gasteiger partial charge is 0.250 e. The number of carbonyl (C=O) groups excluding carboxylic acids is 1. The van der Waals surface area contributed by atoms with Crippen molar-refractivity contribution in [2.45, 2.75) is 12.5 Å². The number of aromatic amines is 1. The average Bonchev–Trinajstić information content (AvgIpc) is 2.88. The Bertz CT molecular complexity index is 723. The lowest BCUT2D eigenvalue weighted by Crippen LogP contribution is -2.30. The van der Waals surface area contributed by atoms with Crippen LogP contribution in [0.2, 0.25) is 10.0 Å². The van der Waals surface area contributed by atoms with E-state index in [-0.39, 0.29) is 11.9 Å². The van der Waals surface area contributed by atoms with Gasteiger partial charge in [0.1, 0.15) is 11.9 Å². The number of rotatable bonds is 2. The summed E-state index contributed by atoms with van der Waals surface area (Å²) in [5, 5.41) is 5.18. The molecule has 0 saturated carbocycles. The zero-order valence-electron chi connectivity index (χ0n) is 10.8. The van der Waals surface area contributed by atoms with Gasteiger partial charge in [0.05, 0.1) is 10.5 Å². The third-order valence-electron chi connectivity index (χ3n) is 3.59. The SMILES string of the molecule is C=C1NC(Cc2c[nH]c3c(Cl)cc(Cl)cc23)C(=O)N1C. The zero-order valence-corrected chi connectivity index (χ0v) is 12.3. The van der Waals surface area contributed by atoms with Crippen molar-refractivity contribution in [2.24, 2.45) is 0 Å². The van der Waals surface area contributed by atoms with E-state index in [1.54, 1.807) is 13.1 Å². The lowest BCUT2D eigenvalue weighted by atomic mass is 10.1. The Morgan fingerprint density at radius 1 is 1.40 bits per heavy atom. The van der Waals surface area contributed by atoms with Crippen molar-refractivity contribution >= 4 is 40.0 Å². The van der Waals surface area contributed by atoms with Crippen LogP contribution in [0.5, 0.6) is 0 Å². The standard InChI is InChI=1S/C14H13Cl2N3O/c1-7-18-12(14(20)19(7)2)3-8-6-17-13-10(8)4-9(15)5-11(13)16/h4-6,12,17-18H,1,3H2,2H3. The van der Waals surface area contributed by atoms with E-state index in [9.17, 15) is 4.79 Å². The van der Waals surface area contributed by atoms with Crippen LogP contribution in [-0.2, 0) is 11.2 Å². The lowest BCUT2D eigenvalue weighted by Gasteiger charge is -2.08. The average molecular weight is 310 g/mol. The quantitative estimate of drug-likeness (QED) is 0.896. The van der Waals surface area contributed by atoms with Crippen LogP contribution in [0.3, 0.4) is 0 Å². The minimum Gasteiger partial charge on any atom is -0.360 e. The number of carbonyl (C=O) groups is 1. The normalized spacial score (nSPS) is 18.9. The summed E-state index contributed by atoms with van der Waals surface area (Å²) < 4.78 is 0. The second-order valence-corrected chi connectivity index (χ2v) is 5.71. The largest absolute Gasteiger partial charge is 0.360 e. The molecule has 1 fully saturated rings. The van der Waals surface area contributed by atoms with Gasteiger partial charge in [-0.05, 0) is 17.7 Å². The Hall–Kier alpha value is -1.65. The summed E-state index contributed by atoms with van der Waals surface area (Å²) in [6.45, 7) is 3.80. The van der Waals surface area contributed by atoms with Crippen LogP contribution in [-0.4, -0.2) is 28.9 Å². The fraction of sp³-hybridized carbons (Fsp3) is 0.214. The molecule has 1 atom stereocenters. The maximum atomic E-state index is 12.1. The van der Waals surface area contributed by atoms with Gasteiger partial charge in [-0.15, -0.1) is 0 Å². The Kier molecular flexibility index (Phi) is 3.15. The minimum absolute atomic E-state index is 0.0116. The number of nitrogens with one attached hydrogen (secondary N) is 2. The summed E-state index contributed by atoms with van der Waals surface area (Å²) in [7, 11) is 1.71. The molecule has 1 aromatic carbocycles. The number of hydrogen-bond donors (Lipinski definition) is 2. The van der Waals surface area contributed by atoms with Gasteiger partial charge in [-0.1, -0.05) is 29.8 Å². The van der Waals surface area contributed by atoms with Gasteiger partial charge < -0.3 is 15.2 Å². The van der Waals surface area contributed by atoms with E-state index >= 15 is 0 Å². The fourth-order valence-corrected chi connectivity index (χ4v) is 3.01. The second-order valence-electron chi connectivity index (χ2n) is 4.87. The molecule has 1 amide bonds. The van der Waals surface area contributed by atoms with Gasteiger partial charge in [-0.25, -0.2) is 0 Å². The topological polar surface area (TPSA) is 48.1 Å². The summed E-state index contributed by atoms with van der Waals surface area (Å²) in [4.78, 5) is 16.7. The van der Waals surface area contributed by atoms with E-state index in [0.717, 1.165) is 16.5 Å². The van der Waals surface area contributed by atoms with Crippen LogP contribution in [0.4, 0.5) is 0 Å². The van der Waals surface area contributed by atoms with Crippen LogP contribution < -0.4 is 5.32 Å². The molecular formula is C14H13Cl2N3O. The summed E-state index contributed by atoms with van der Waals surface area (Å²) in [5.41, 5.74) is 1.84. The Labute approximate surface area is 126 Å². The molecule has 0 spiro atoms. The molecule has 0 radical (unpaired) electrons. The third-order valence-corrected chi connectivity index (χ3v) is 4.11. The van der Waals surface area contributed by atoms with Crippen molar-refractivity contribution in [3.05, 3.63) is 46.3 Å². The third kappa shape index (κ3) is 2.05. The lowest BCUT2D eigenvalue weighted by molar-refractivity contribution is -0.127. The molecule has 6 heteroatoms. The van der Waals surface area contributed by atoms with Gasteiger partial charge in [0.25, 0.3) is 5.91 Å². The van der Waals surface area contributed by atoms with Crippen LogP contribution in [0.15, 0.2) is 30.7 Å². The highest BCUT2D eigenvalue weighted by molar-refractivity contribution is 6.38. The molecule has 20 heavy (non-hydrogen) atoms. The van der Waals surface area contributed by atoms with Crippen molar-refractivity contribution in [1.82, 2.24) is 15.2 Å². The van der Waals surface area contributed by atoms with Crippen molar-refractivity contribution < 1.29 is 4.79 Å². The molecule has 1 aliphatic rings. The van der Waals surface area contributed by atoms with Crippen LogP contribution in [0.1, 0.15) is 5.56 Å². The van der Waals surface area contributed by atoms with Crippen molar-refractivity contribution in [3.8, 4) is 0 Å². The van der Waals surface area contributed by atoms with Gasteiger partial charge >= 0.3 is 0 Å². The van der Waals surface area contributed by atoms with Gasteiger partial charge in [0, 0.05) is 30.1 Å². The molecule has 104 valence electrons. The molecule has 4 nitrogen and oxygen atoms in total. The molecule has 2 aromatic rings. The molecule has 0 aliphatic carbocycles. The van der Waals surface area contributed by atoms with E-state index in [0.29, 0.717) is 22.3 Å². The van der Waals surface area contributed by atoms with Gasteiger partial charge in [-0.2, -0.15) is 0 Å². The Morgan fingerprint density at radius 2 is 2.15 bits per heavy atom. The molecule has 1 unspecified atom stereocenters. The maximum absolute atomic E-state index is 12.1. The molecule has 1 saturated heterocycles. The number of amides is 1. The number of likely N-dealkylation sites (N-methyl/N-ethyl adjacent to an activating group) is 1. The number of nitrogens with zero attached hydrogens (tertiary/aromatic N) is 1. The predicted octanol–water partition coefficient (Wildman–Crippen LogP) is 2.92. The molecule has 1 aliphatic heterocycles. The molecular weight excluding hydrogens is 297 g/mol. The van der Waals surface area contributed by atoms with Crippen LogP contribution in [0.25, 0.3) is 10.9 Å². The Morgan fingerprint density at radius 3 is 2.80 bits per heavy atom. The first-order valence-corrected chi connectivity index (χ1v) is 6.91. The van der Waals surface area contributed by atoms with Crippen molar-refractivity contribution in [3.63, 3.8) is 0 Å². The number of benzene rings is 1. The first-order chi connectivity index (χ1) is 9.47. The molecule has 1 aromatic heterocycles. The number of aromatic nitrogens is 1. The highest BCUT2D eigenvalue weighted by atomic mass is 35.5. The zero-order chi connectivity index (χ0) is 14.4. The Balaban J connectivity index is 1.96. The van der Waals surface area contributed by atoms with E-state index in [1.165, 1.54) is 4.90 Å². The summed E-state index contributed by atoms with van der Waals surface area (Å²) >= 11 is 12.2. The predicted molar refractivity (Wildman–Crippen MR) is 80.9 cm³/mol. The van der Waals surface area contributed by atoms with Crippen molar-refractivity contribution in [1.29, 1.82) is 0 Å². The van der Waals surface area contributed by atoms with Crippen LogP contribution >= 0.6 is 23.2 Å². The van der Waals surface area contributed by atoms with Gasteiger partial charge in [0.15, 0.2) is 0 Å². The van der Waals surface area contributed by atoms with E-state index in [2.05, 4.69) is 16.9 Å². The molecule has 0 bridgehead atoms. The number of halogens is 2. The van der Waals surface area contributed by atoms with E-state index < -0.39 is 0 Å². The first kappa shape index (κ1) is 13.3. The second kappa shape index (κ2) is 4.72. The van der Waals surface area contributed by atoms with Gasteiger partial charge in [0.2, 0.25) is 0 Å². The van der Waals surface area contributed by atoms with Crippen LogP contribution in [0, 0.1) is 0 Å². The summed E-state index contributed by atoms with van der Waals surface area (Å²) in [6, 6.07) is 3.25. The highest BCUT2D eigenvalue weighted by Gasteiger charge is 2.31. The first-order valence-electron chi connectivity index (χ1n) is 6.15. The highest BCUT2D eigenvalue weighted by Crippen LogP contribution is 2.30. The number of hydrogen-bond acceptors (Lipinski definition) is 2. The number of fused-ring (bicyclic) bond motifs is 1. The van der Waals surface area contributed by atoms with E-state index in [1.807, 2.05) is 12.3 Å². The van der Waals surface area contributed by atoms with Crippen molar-refractivity contribution in [2.75, 3.05) is 7.05 Å². The monoisotopic (exact) mass is 309 g/mol. The number of H-pyrrole nitrogens is 1. The molecule has 2 N–H and O–H groups in total. The fourth-order valence-electron chi connectivity index (χ4n) is 2.46. The minimum atomic E-state index is -0.302. The molecule has 3 rings (SSSR count). The summed E-state index contributed by atoms with van der Waals surface area (Å²) in [5.74, 6) is 0.633. The maximum Gasteiger partial charge on any atom is 0.250 e. The van der Waals surface area contributed by atoms with E-state index in [4.69, 9.17) is 23.2 Å². The molecule has 2 heterocycles. The summed E-state index contributed by atoms with van der Waals surface area (Å²) in [6.07, 6.45) is 2.42. The van der Waals surface area contributed by atoms with Gasteiger partial charge in [-0.3, -0.25) is 4.79 Å².